The van der Waals surface area contributed by atoms with Crippen LogP contribution >= 0.6 is 0 Å². The van der Waals surface area contributed by atoms with Crippen LogP contribution in [-0.4, -0.2) is 28.1 Å². The number of ether oxygens (including phenoxy) is 1. The molecule has 0 unspecified atom stereocenters. The highest BCUT2D eigenvalue weighted by Gasteiger charge is 2.12. The Morgan fingerprint density at radius 1 is 1.35 bits per heavy atom. The Kier molecular flexibility index (Phi) is 2.91. The van der Waals surface area contributed by atoms with Gasteiger partial charge in [-0.25, -0.2) is 9.48 Å². The average Bonchev–Trinajstić information content (AvgIpc) is 2.80. The number of carbonyl (C=O) groups is 1. The lowest BCUT2D eigenvalue weighted by atomic mass is 10.1. The van der Waals surface area contributed by atoms with E-state index in [4.69, 9.17) is 0 Å². The van der Waals surface area contributed by atoms with Crippen LogP contribution < -0.4 is 0 Å². The topological polar surface area (TPSA) is 57.0 Å². The van der Waals surface area contributed by atoms with Crippen molar-refractivity contribution in [2.24, 2.45) is 0 Å². The van der Waals surface area contributed by atoms with Gasteiger partial charge in [0.25, 0.3) is 0 Å². The first-order valence-corrected chi connectivity index (χ1v) is 5.20. The molecule has 17 heavy (non-hydrogen) atoms. The molecule has 0 aliphatic rings. The maximum absolute atomic E-state index is 11.3. The van der Waals surface area contributed by atoms with Gasteiger partial charge in [-0.2, -0.15) is 0 Å². The molecule has 5 nitrogen and oxygen atoms in total. The van der Waals surface area contributed by atoms with E-state index < -0.39 is 5.97 Å². The first-order valence-electron chi connectivity index (χ1n) is 5.20. The number of nitrogens with zero attached hydrogens (tertiary/aromatic N) is 3. The van der Waals surface area contributed by atoms with Gasteiger partial charge in [0.15, 0.2) is 5.69 Å². The second-order valence-corrected chi connectivity index (χ2v) is 3.83. The largest absolute Gasteiger partial charge is 0.464 e. The molecule has 0 radical (unpaired) electrons. The summed E-state index contributed by atoms with van der Waals surface area (Å²) in [7, 11) is 1.32. The SMILES string of the molecule is COC(=O)c1cn(-c2cc(C)ccc2C)nn1. The number of rotatable bonds is 2. The Morgan fingerprint density at radius 3 is 2.82 bits per heavy atom. The zero-order valence-corrected chi connectivity index (χ0v) is 9.97. The molecule has 0 fully saturated rings. The summed E-state index contributed by atoms with van der Waals surface area (Å²) in [4.78, 5) is 11.3. The summed E-state index contributed by atoms with van der Waals surface area (Å²) >= 11 is 0. The molecule has 1 aromatic carbocycles. The maximum Gasteiger partial charge on any atom is 0.360 e. The summed E-state index contributed by atoms with van der Waals surface area (Å²) in [5.74, 6) is -0.485. The van der Waals surface area contributed by atoms with E-state index in [-0.39, 0.29) is 5.69 Å². The van der Waals surface area contributed by atoms with Gasteiger partial charge in [-0.15, -0.1) is 5.10 Å². The highest BCUT2D eigenvalue weighted by atomic mass is 16.5. The average molecular weight is 231 g/mol. The fourth-order valence-corrected chi connectivity index (χ4v) is 1.55. The minimum atomic E-state index is -0.485. The van der Waals surface area contributed by atoms with Crippen LogP contribution in [0.4, 0.5) is 0 Å². The van der Waals surface area contributed by atoms with E-state index in [0.29, 0.717) is 0 Å². The summed E-state index contributed by atoms with van der Waals surface area (Å²) in [5, 5.41) is 7.70. The summed E-state index contributed by atoms with van der Waals surface area (Å²) < 4.78 is 6.16. The van der Waals surface area contributed by atoms with Crippen LogP contribution in [0.25, 0.3) is 5.69 Å². The van der Waals surface area contributed by atoms with E-state index in [0.717, 1.165) is 16.8 Å². The van der Waals surface area contributed by atoms with Gasteiger partial charge in [0, 0.05) is 0 Å². The van der Waals surface area contributed by atoms with Crippen molar-refractivity contribution in [1.82, 2.24) is 15.0 Å². The number of hydrogen-bond donors (Lipinski definition) is 0. The number of methoxy groups -OCH3 is 1. The molecule has 1 heterocycles. The number of benzene rings is 1. The number of hydrogen-bond acceptors (Lipinski definition) is 4. The lowest BCUT2D eigenvalue weighted by Gasteiger charge is -2.05. The summed E-state index contributed by atoms with van der Waals surface area (Å²) in [6.07, 6.45) is 1.56. The summed E-state index contributed by atoms with van der Waals surface area (Å²) in [5.41, 5.74) is 3.30. The van der Waals surface area contributed by atoms with Gasteiger partial charge in [-0.3, -0.25) is 0 Å². The third-order valence-electron chi connectivity index (χ3n) is 2.50. The summed E-state index contributed by atoms with van der Waals surface area (Å²) in [6.45, 7) is 3.98. The molecule has 0 amide bonds. The minimum absolute atomic E-state index is 0.202. The fourth-order valence-electron chi connectivity index (χ4n) is 1.55. The number of esters is 1. The second kappa shape index (κ2) is 4.37. The van der Waals surface area contributed by atoms with Crippen LogP contribution in [0.2, 0.25) is 0 Å². The molecule has 0 N–H and O–H groups in total. The van der Waals surface area contributed by atoms with Crippen molar-refractivity contribution in [2.75, 3.05) is 7.11 Å². The predicted molar refractivity (Wildman–Crippen MR) is 62.2 cm³/mol. The van der Waals surface area contributed by atoms with Gasteiger partial charge in [-0.1, -0.05) is 17.3 Å². The van der Waals surface area contributed by atoms with Gasteiger partial charge in [0.2, 0.25) is 0 Å². The van der Waals surface area contributed by atoms with Crippen molar-refractivity contribution in [3.05, 3.63) is 41.2 Å². The zero-order chi connectivity index (χ0) is 12.4. The monoisotopic (exact) mass is 231 g/mol. The molecule has 0 aliphatic carbocycles. The molecule has 0 saturated carbocycles. The van der Waals surface area contributed by atoms with Crippen molar-refractivity contribution >= 4 is 5.97 Å². The smallest absolute Gasteiger partial charge is 0.360 e. The predicted octanol–water partition coefficient (Wildman–Crippen LogP) is 1.67. The van der Waals surface area contributed by atoms with E-state index in [1.54, 1.807) is 10.9 Å². The maximum atomic E-state index is 11.3. The van der Waals surface area contributed by atoms with Crippen LogP contribution in [-0.2, 0) is 4.74 Å². The van der Waals surface area contributed by atoms with Crippen molar-refractivity contribution < 1.29 is 9.53 Å². The molecule has 0 bridgehead atoms. The minimum Gasteiger partial charge on any atom is -0.464 e. The molecular weight excluding hydrogens is 218 g/mol. The Hall–Kier alpha value is -2.17. The van der Waals surface area contributed by atoms with Crippen LogP contribution in [0.5, 0.6) is 0 Å². The quantitative estimate of drug-likeness (QED) is 0.738. The third kappa shape index (κ3) is 2.18. The Morgan fingerprint density at radius 2 is 2.12 bits per heavy atom. The highest BCUT2D eigenvalue weighted by Crippen LogP contribution is 2.15. The Labute approximate surface area is 99.0 Å². The molecule has 2 aromatic rings. The van der Waals surface area contributed by atoms with Gasteiger partial charge in [0.05, 0.1) is 19.0 Å². The van der Waals surface area contributed by atoms with E-state index in [9.17, 15) is 4.79 Å². The number of aryl methyl sites for hydroxylation is 2. The lowest BCUT2D eigenvalue weighted by Crippen LogP contribution is -2.01. The van der Waals surface area contributed by atoms with Gasteiger partial charge in [-0.05, 0) is 31.0 Å². The zero-order valence-electron chi connectivity index (χ0n) is 9.97. The first-order chi connectivity index (χ1) is 8.11. The van der Waals surface area contributed by atoms with Crippen LogP contribution in [0, 0.1) is 13.8 Å². The van der Waals surface area contributed by atoms with Gasteiger partial charge >= 0.3 is 5.97 Å². The van der Waals surface area contributed by atoms with Gasteiger partial charge in [0.1, 0.15) is 0 Å². The first kappa shape index (κ1) is 11.3. The van der Waals surface area contributed by atoms with Crippen LogP contribution in [0.15, 0.2) is 24.4 Å². The molecule has 88 valence electrons. The van der Waals surface area contributed by atoms with Crippen LogP contribution in [0.3, 0.4) is 0 Å². The van der Waals surface area contributed by atoms with Crippen molar-refractivity contribution in [3.8, 4) is 5.69 Å². The highest BCUT2D eigenvalue weighted by molar-refractivity contribution is 5.86. The normalized spacial score (nSPS) is 10.3. The van der Waals surface area contributed by atoms with Gasteiger partial charge < -0.3 is 4.74 Å². The number of aromatic nitrogens is 3. The molecule has 0 saturated heterocycles. The molecule has 5 heteroatoms. The van der Waals surface area contributed by atoms with Crippen molar-refractivity contribution in [2.45, 2.75) is 13.8 Å². The van der Waals surface area contributed by atoms with Crippen molar-refractivity contribution in [3.63, 3.8) is 0 Å². The second-order valence-electron chi connectivity index (χ2n) is 3.83. The molecule has 2 rings (SSSR count). The lowest BCUT2D eigenvalue weighted by molar-refractivity contribution is 0.0594. The third-order valence-corrected chi connectivity index (χ3v) is 2.50. The van der Waals surface area contributed by atoms with E-state index in [2.05, 4.69) is 15.0 Å². The van der Waals surface area contributed by atoms with Crippen LogP contribution in [0.1, 0.15) is 21.6 Å². The molecule has 0 aliphatic heterocycles. The molecule has 1 aromatic heterocycles. The Balaban J connectivity index is 2.43. The summed E-state index contributed by atoms with van der Waals surface area (Å²) in [6, 6.07) is 6.02. The molecular formula is C12H13N3O2. The number of carbonyl (C=O) groups excluding carboxylic acids is 1. The van der Waals surface area contributed by atoms with E-state index >= 15 is 0 Å². The Bertz CT molecular complexity index is 561. The van der Waals surface area contributed by atoms with Crippen molar-refractivity contribution in [1.29, 1.82) is 0 Å². The molecule has 0 spiro atoms. The fraction of sp³-hybridized carbons (Fsp3) is 0.250. The molecule has 0 atom stereocenters. The van der Waals surface area contributed by atoms with E-state index in [1.165, 1.54) is 7.11 Å². The van der Waals surface area contributed by atoms with E-state index in [1.807, 2.05) is 32.0 Å². The standard InChI is InChI=1S/C12H13N3O2/c1-8-4-5-9(2)11(6-8)15-7-10(13-14-15)12(16)17-3/h4-7H,1-3H3.